The number of hydrogen-bond acceptors (Lipinski definition) is 4. The van der Waals surface area contributed by atoms with E-state index in [-0.39, 0.29) is 5.91 Å². The van der Waals surface area contributed by atoms with Crippen LogP contribution in [0.1, 0.15) is 36.5 Å². The molecule has 0 aliphatic carbocycles. The summed E-state index contributed by atoms with van der Waals surface area (Å²) in [6.45, 7) is 4.86. The third-order valence-corrected chi connectivity index (χ3v) is 4.33. The van der Waals surface area contributed by atoms with Crippen LogP contribution in [-0.2, 0) is 0 Å². The van der Waals surface area contributed by atoms with Crippen LogP contribution in [0, 0.1) is 0 Å². The van der Waals surface area contributed by atoms with Gasteiger partial charge in [0.1, 0.15) is 5.75 Å². The van der Waals surface area contributed by atoms with Gasteiger partial charge in [0.15, 0.2) is 0 Å². The molecule has 1 aliphatic heterocycles. The van der Waals surface area contributed by atoms with Crippen molar-refractivity contribution in [3.05, 3.63) is 48.0 Å². The second-order valence-electron chi connectivity index (χ2n) is 6.30. The molecule has 0 radical (unpaired) electrons. The van der Waals surface area contributed by atoms with Gasteiger partial charge in [-0.2, -0.15) is 0 Å². The molecule has 1 fully saturated rings. The van der Waals surface area contributed by atoms with E-state index in [1.54, 1.807) is 18.2 Å². The Kier molecular flexibility index (Phi) is 5.43. The van der Waals surface area contributed by atoms with E-state index < -0.39 is 0 Å². The first kappa shape index (κ1) is 17.1. The van der Waals surface area contributed by atoms with E-state index in [9.17, 15) is 4.79 Å². The molecule has 132 valence electrons. The summed E-state index contributed by atoms with van der Waals surface area (Å²) in [4.78, 5) is 14.8. The average molecular weight is 339 g/mol. The summed E-state index contributed by atoms with van der Waals surface area (Å²) in [5.74, 6) is 0.441. The zero-order valence-corrected chi connectivity index (χ0v) is 14.6. The maximum absolute atomic E-state index is 12.4. The molecule has 5 nitrogen and oxygen atoms in total. The molecule has 1 saturated heterocycles. The minimum absolute atomic E-state index is 0.178. The maximum atomic E-state index is 12.4. The summed E-state index contributed by atoms with van der Waals surface area (Å²) in [5.41, 5.74) is 8.95. The first-order chi connectivity index (χ1) is 12.2. The number of ether oxygens (including phenoxy) is 1. The number of amides is 1. The first-order valence-electron chi connectivity index (χ1n) is 8.86. The predicted octanol–water partition coefficient (Wildman–Crippen LogP) is 3.91. The van der Waals surface area contributed by atoms with Gasteiger partial charge >= 0.3 is 0 Å². The molecule has 2 aromatic carbocycles. The number of nitrogens with zero attached hydrogens (tertiary/aromatic N) is 1. The smallest absolute Gasteiger partial charge is 0.255 e. The standard InChI is InChI=1S/C20H25N3O2/c1-2-13-25-19-10-5-15(14-18(19)21)20(24)22-16-6-8-17(9-7-16)23-11-3-4-12-23/h5-10,14H,2-4,11-13,21H2,1H3,(H,22,24). The fourth-order valence-corrected chi connectivity index (χ4v) is 2.97. The summed E-state index contributed by atoms with van der Waals surface area (Å²) in [6, 6.07) is 13.1. The lowest BCUT2D eigenvalue weighted by molar-refractivity contribution is 0.102. The monoisotopic (exact) mass is 339 g/mol. The second-order valence-corrected chi connectivity index (χ2v) is 6.30. The number of carbonyl (C=O) groups excluding carboxylic acids is 1. The Morgan fingerprint density at radius 2 is 1.88 bits per heavy atom. The van der Waals surface area contributed by atoms with Crippen LogP contribution in [0.3, 0.4) is 0 Å². The van der Waals surface area contributed by atoms with Gasteiger partial charge in [0.2, 0.25) is 0 Å². The molecule has 0 bridgehead atoms. The molecule has 0 aromatic heterocycles. The quantitative estimate of drug-likeness (QED) is 0.783. The molecular weight excluding hydrogens is 314 g/mol. The Morgan fingerprint density at radius 1 is 1.16 bits per heavy atom. The first-order valence-corrected chi connectivity index (χ1v) is 8.86. The van der Waals surface area contributed by atoms with E-state index in [4.69, 9.17) is 10.5 Å². The summed E-state index contributed by atoms with van der Waals surface area (Å²) in [5, 5.41) is 2.91. The molecule has 0 atom stereocenters. The van der Waals surface area contributed by atoms with Gasteiger partial charge in [-0.25, -0.2) is 0 Å². The third-order valence-electron chi connectivity index (χ3n) is 4.33. The van der Waals surface area contributed by atoms with Crippen LogP contribution in [0.2, 0.25) is 0 Å². The SMILES string of the molecule is CCCOc1ccc(C(=O)Nc2ccc(N3CCCC3)cc2)cc1N. The molecule has 5 heteroatoms. The number of nitrogens with one attached hydrogen (secondary N) is 1. The van der Waals surface area contributed by atoms with E-state index in [1.807, 2.05) is 19.1 Å². The van der Waals surface area contributed by atoms with E-state index >= 15 is 0 Å². The van der Waals surface area contributed by atoms with Gasteiger partial charge in [0.25, 0.3) is 5.91 Å². The van der Waals surface area contributed by atoms with Gasteiger partial charge in [-0.3, -0.25) is 4.79 Å². The lowest BCUT2D eigenvalue weighted by Crippen LogP contribution is -2.17. The van der Waals surface area contributed by atoms with Crippen LogP contribution in [0.4, 0.5) is 17.1 Å². The van der Waals surface area contributed by atoms with E-state index in [2.05, 4.69) is 22.3 Å². The normalized spacial score (nSPS) is 13.7. The molecule has 0 unspecified atom stereocenters. The second kappa shape index (κ2) is 7.92. The Balaban J connectivity index is 1.64. The number of carbonyl (C=O) groups is 1. The largest absolute Gasteiger partial charge is 0.491 e. The lowest BCUT2D eigenvalue weighted by atomic mass is 10.1. The molecular formula is C20H25N3O2. The van der Waals surface area contributed by atoms with Crippen molar-refractivity contribution in [1.82, 2.24) is 0 Å². The highest BCUT2D eigenvalue weighted by atomic mass is 16.5. The van der Waals surface area contributed by atoms with Gasteiger partial charge in [0, 0.05) is 30.0 Å². The number of rotatable bonds is 6. The summed E-state index contributed by atoms with van der Waals surface area (Å²) in [7, 11) is 0. The molecule has 1 heterocycles. The Hall–Kier alpha value is -2.69. The lowest BCUT2D eigenvalue weighted by Gasteiger charge is -2.17. The Labute approximate surface area is 148 Å². The highest BCUT2D eigenvalue weighted by molar-refractivity contribution is 6.05. The van der Waals surface area contributed by atoms with Crippen molar-refractivity contribution in [3.63, 3.8) is 0 Å². The van der Waals surface area contributed by atoms with E-state index in [0.29, 0.717) is 23.6 Å². The van der Waals surface area contributed by atoms with E-state index in [0.717, 1.165) is 25.2 Å². The van der Waals surface area contributed by atoms with Gasteiger partial charge in [-0.05, 0) is 61.7 Å². The molecule has 25 heavy (non-hydrogen) atoms. The van der Waals surface area contributed by atoms with Crippen molar-refractivity contribution in [1.29, 1.82) is 0 Å². The average Bonchev–Trinajstić information content (AvgIpc) is 3.16. The molecule has 0 spiro atoms. The summed E-state index contributed by atoms with van der Waals surface area (Å²) in [6.07, 6.45) is 3.41. The van der Waals surface area contributed by atoms with Gasteiger partial charge < -0.3 is 20.7 Å². The Morgan fingerprint density at radius 3 is 2.52 bits per heavy atom. The highest BCUT2D eigenvalue weighted by Crippen LogP contribution is 2.25. The van der Waals surface area contributed by atoms with Crippen LogP contribution in [0.25, 0.3) is 0 Å². The van der Waals surface area contributed by atoms with Gasteiger partial charge in [-0.15, -0.1) is 0 Å². The van der Waals surface area contributed by atoms with Crippen LogP contribution < -0.4 is 20.7 Å². The third kappa shape index (κ3) is 4.24. The Bertz CT molecular complexity index is 722. The molecule has 1 amide bonds. The van der Waals surface area contributed by atoms with Crippen molar-refractivity contribution in [3.8, 4) is 5.75 Å². The maximum Gasteiger partial charge on any atom is 0.255 e. The zero-order chi connectivity index (χ0) is 17.6. The topological polar surface area (TPSA) is 67.6 Å². The van der Waals surface area contributed by atoms with Crippen LogP contribution in [0.5, 0.6) is 5.75 Å². The zero-order valence-electron chi connectivity index (χ0n) is 14.6. The van der Waals surface area contributed by atoms with Crippen molar-refractivity contribution in [2.24, 2.45) is 0 Å². The predicted molar refractivity (Wildman–Crippen MR) is 102 cm³/mol. The van der Waals surface area contributed by atoms with Crippen LogP contribution in [-0.4, -0.2) is 25.6 Å². The number of benzene rings is 2. The number of hydrogen-bond donors (Lipinski definition) is 2. The number of nitrogens with two attached hydrogens (primary N) is 1. The fraction of sp³-hybridized carbons (Fsp3) is 0.350. The fourth-order valence-electron chi connectivity index (χ4n) is 2.97. The van der Waals surface area contributed by atoms with Gasteiger partial charge in [0.05, 0.1) is 12.3 Å². The van der Waals surface area contributed by atoms with Crippen molar-refractivity contribution in [2.45, 2.75) is 26.2 Å². The highest BCUT2D eigenvalue weighted by Gasteiger charge is 2.13. The molecule has 3 N–H and O–H groups in total. The number of anilines is 3. The summed E-state index contributed by atoms with van der Waals surface area (Å²) >= 11 is 0. The molecule has 2 aromatic rings. The van der Waals surface area contributed by atoms with E-state index in [1.165, 1.54) is 18.5 Å². The van der Waals surface area contributed by atoms with Crippen molar-refractivity contribution >= 4 is 23.0 Å². The van der Waals surface area contributed by atoms with Crippen LogP contribution in [0.15, 0.2) is 42.5 Å². The molecule has 1 aliphatic rings. The van der Waals surface area contributed by atoms with Crippen molar-refractivity contribution < 1.29 is 9.53 Å². The van der Waals surface area contributed by atoms with Crippen LogP contribution >= 0.6 is 0 Å². The van der Waals surface area contributed by atoms with Gasteiger partial charge in [-0.1, -0.05) is 6.92 Å². The van der Waals surface area contributed by atoms with Crippen molar-refractivity contribution in [2.75, 3.05) is 35.6 Å². The summed E-state index contributed by atoms with van der Waals surface area (Å²) < 4.78 is 5.54. The minimum atomic E-state index is -0.178. The molecule has 0 saturated carbocycles. The molecule has 3 rings (SSSR count). The number of nitrogen functional groups attached to an aromatic ring is 1. The minimum Gasteiger partial charge on any atom is -0.491 e.